The minimum Gasteiger partial charge on any atom is -0.382 e. The number of hydrogen-bond acceptors (Lipinski definition) is 4. The molecule has 3 aromatic rings. The fourth-order valence-corrected chi connectivity index (χ4v) is 2.72. The average molecular weight is 265 g/mol. The van der Waals surface area contributed by atoms with Crippen LogP contribution < -0.4 is 5.73 Å². The van der Waals surface area contributed by atoms with Crippen LogP contribution in [0.15, 0.2) is 36.8 Å². The molecule has 1 saturated carbocycles. The van der Waals surface area contributed by atoms with E-state index >= 15 is 0 Å². The molecular formula is C15H15N5. The second kappa shape index (κ2) is 4.30. The molecular weight excluding hydrogens is 250 g/mol. The van der Waals surface area contributed by atoms with Crippen LogP contribution in [0.25, 0.3) is 16.9 Å². The van der Waals surface area contributed by atoms with Gasteiger partial charge in [0.25, 0.3) is 0 Å². The van der Waals surface area contributed by atoms with Gasteiger partial charge in [-0.3, -0.25) is 9.38 Å². The van der Waals surface area contributed by atoms with Crippen molar-refractivity contribution in [3.63, 3.8) is 0 Å². The zero-order valence-electron chi connectivity index (χ0n) is 11.0. The van der Waals surface area contributed by atoms with Gasteiger partial charge in [-0.2, -0.15) is 0 Å². The van der Waals surface area contributed by atoms with Crippen LogP contribution in [0, 0.1) is 0 Å². The molecule has 1 aliphatic carbocycles. The Kier molecular flexibility index (Phi) is 2.45. The van der Waals surface area contributed by atoms with E-state index < -0.39 is 0 Å². The summed E-state index contributed by atoms with van der Waals surface area (Å²) >= 11 is 0. The average Bonchev–Trinajstić information content (AvgIpc) is 2.79. The molecule has 0 saturated heterocycles. The molecule has 0 aliphatic heterocycles. The molecule has 0 atom stereocenters. The first kappa shape index (κ1) is 11.4. The van der Waals surface area contributed by atoms with Crippen LogP contribution in [-0.2, 0) is 0 Å². The van der Waals surface area contributed by atoms with Crippen LogP contribution in [0.3, 0.4) is 0 Å². The number of nitrogen functional groups attached to an aromatic ring is 1. The van der Waals surface area contributed by atoms with Gasteiger partial charge in [-0.05, 0) is 25.0 Å². The third kappa shape index (κ3) is 1.59. The highest BCUT2D eigenvalue weighted by Gasteiger charge is 2.26. The van der Waals surface area contributed by atoms with Gasteiger partial charge in [0.05, 0.1) is 5.69 Å². The Balaban J connectivity index is 2.01. The molecule has 1 fully saturated rings. The van der Waals surface area contributed by atoms with Gasteiger partial charge in [0.1, 0.15) is 22.9 Å². The number of nitrogens with zero attached hydrogens (tertiary/aromatic N) is 4. The SMILES string of the molecule is Nc1nccn2c(C3CCC3)nc(-c3ccccn3)c12. The minimum atomic E-state index is 0.506. The Bertz CT molecular complexity index is 759. The maximum absolute atomic E-state index is 6.07. The smallest absolute Gasteiger partial charge is 0.150 e. The summed E-state index contributed by atoms with van der Waals surface area (Å²) in [7, 11) is 0. The van der Waals surface area contributed by atoms with E-state index in [0.29, 0.717) is 11.7 Å². The molecule has 0 aromatic carbocycles. The minimum absolute atomic E-state index is 0.506. The standard InChI is InChI=1S/C15H15N5/c16-14-13-12(11-6-1-2-7-17-11)19-15(10-4-3-5-10)20(13)9-8-18-14/h1-2,6-10H,3-5H2,(H2,16,18). The molecule has 3 heterocycles. The first-order chi connectivity index (χ1) is 9.84. The molecule has 3 aromatic heterocycles. The Morgan fingerprint density at radius 1 is 1.15 bits per heavy atom. The highest BCUT2D eigenvalue weighted by atomic mass is 15.1. The van der Waals surface area contributed by atoms with Crippen LogP contribution in [0.1, 0.15) is 31.0 Å². The third-order valence-corrected chi connectivity index (χ3v) is 3.99. The van der Waals surface area contributed by atoms with E-state index in [0.717, 1.165) is 22.7 Å². The van der Waals surface area contributed by atoms with Crippen molar-refractivity contribution in [1.82, 2.24) is 19.4 Å². The summed E-state index contributed by atoms with van der Waals surface area (Å²) in [5.74, 6) is 2.12. The Labute approximate surface area is 116 Å². The van der Waals surface area contributed by atoms with Gasteiger partial charge in [-0.25, -0.2) is 9.97 Å². The summed E-state index contributed by atoms with van der Waals surface area (Å²) in [5.41, 5.74) is 8.61. The van der Waals surface area contributed by atoms with Crippen molar-refractivity contribution in [3.8, 4) is 11.4 Å². The lowest BCUT2D eigenvalue weighted by Gasteiger charge is -2.23. The highest BCUT2D eigenvalue weighted by molar-refractivity contribution is 5.83. The van der Waals surface area contributed by atoms with Gasteiger partial charge in [0.15, 0.2) is 0 Å². The maximum atomic E-state index is 6.07. The quantitative estimate of drug-likeness (QED) is 0.773. The second-order valence-corrected chi connectivity index (χ2v) is 5.19. The molecule has 5 heteroatoms. The predicted molar refractivity (Wildman–Crippen MR) is 77.2 cm³/mol. The Hall–Kier alpha value is -2.43. The second-order valence-electron chi connectivity index (χ2n) is 5.19. The zero-order chi connectivity index (χ0) is 13.5. The zero-order valence-corrected chi connectivity index (χ0v) is 11.0. The molecule has 4 rings (SSSR count). The van der Waals surface area contributed by atoms with Crippen molar-refractivity contribution in [3.05, 3.63) is 42.6 Å². The number of nitrogens with two attached hydrogens (primary N) is 1. The number of hydrogen-bond donors (Lipinski definition) is 1. The summed E-state index contributed by atoms with van der Waals surface area (Å²) in [5, 5.41) is 0. The number of imidazole rings is 1. The summed E-state index contributed by atoms with van der Waals surface area (Å²) in [6.45, 7) is 0. The number of rotatable bonds is 2. The van der Waals surface area contributed by atoms with Gasteiger partial charge >= 0.3 is 0 Å². The van der Waals surface area contributed by atoms with Crippen LogP contribution in [-0.4, -0.2) is 19.4 Å². The number of aromatic nitrogens is 4. The lowest BCUT2D eigenvalue weighted by molar-refractivity contribution is 0.400. The van der Waals surface area contributed by atoms with Crippen molar-refractivity contribution >= 4 is 11.3 Å². The number of anilines is 1. The van der Waals surface area contributed by atoms with E-state index in [1.807, 2.05) is 24.4 Å². The van der Waals surface area contributed by atoms with E-state index in [2.05, 4.69) is 14.4 Å². The maximum Gasteiger partial charge on any atom is 0.150 e. The van der Waals surface area contributed by atoms with Crippen molar-refractivity contribution in [2.24, 2.45) is 0 Å². The Morgan fingerprint density at radius 2 is 2.05 bits per heavy atom. The van der Waals surface area contributed by atoms with Crippen LogP contribution in [0.2, 0.25) is 0 Å². The summed E-state index contributed by atoms with van der Waals surface area (Å²) < 4.78 is 2.08. The molecule has 0 spiro atoms. The van der Waals surface area contributed by atoms with Crippen molar-refractivity contribution in [2.75, 3.05) is 5.73 Å². The Morgan fingerprint density at radius 3 is 2.75 bits per heavy atom. The molecule has 0 radical (unpaired) electrons. The normalized spacial score (nSPS) is 15.4. The number of fused-ring (bicyclic) bond motifs is 1. The van der Waals surface area contributed by atoms with Gasteiger partial charge in [0, 0.05) is 24.5 Å². The van der Waals surface area contributed by atoms with E-state index in [-0.39, 0.29) is 0 Å². The van der Waals surface area contributed by atoms with Crippen LogP contribution in [0.4, 0.5) is 5.82 Å². The van der Waals surface area contributed by atoms with E-state index in [1.165, 1.54) is 19.3 Å². The van der Waals surface area contributed by atoms with Crippen molar-refractivity contribution in [2.45, 2.75) is 25.2 Å². The van der Waals surface area contributed by atoms with Gasteiger partial charge in [0.2, 0.25) is 0 Å². The lowest BCUT2D eigenvalue weighted by atomic mass is 9.85. The highest BCUT2D eigenvalue weighted by Crippen LogP contribution is 2.38. The molecule has 1 aliphatic rings. The monoisotopic (exact) mass is 265 g/mol. The molecule has 20 heavy (non-hydrogen) atoms. The van der Waals surface area contributed by atoms with E-state index in [4.69, 9.17) is 10.7 Å². The first-order valence-corrected chi connectivity index (χ1v) is 6.88. The van der Waals surface area contributed by atoms with Gasteiger partial charge < -0.3 is 5.73 Å². The summed E-state index contributed by atoms with van der Waals surface area (Å²) in [6.07, 6.45) is 9.12. The largest absolute Gasteiger partial charge is 0.382 e. The van der Waals surface area contributed by atoms with Gasteiger partial charge in [-0.15, -0.1) is 0 Å². The fourth-order valence-electron chi connectivity index (χ4n) is 2.72. The molecule has 0 bridgehead atoms. The summed E-state index contributed by atoms with van der Waals surface area (Å²) in [6, 6.07) is 5.82. The fraction of sp³-hybridized carbons (Fsp3) is 0.267. The topological polar surface area (TPSA) is 69.1 Å². The van der Waals surface area contributed by atoms with Gasteiger partial charge in [-0.1, -0.05) is 12.5 Å². The molecule has 0 unspecified atom stereocenters. The van der Waals surface area contributed by atoms with Crippen molar-refractivity contribution in [1.29, 1.82) is 0 Å². The third-order valence-electron chi connectivity index (χ3n) is 3.99. The van der Waals surface area contributed by atoms with Crippen LogP contribution >= 0.6 is 0 Å². The number of pyridine rings is 1. The molecule has 0 amide bonds. The molecule has 2 N–H and O–H groups in total. The lowest BCUT2D eigenvalue weighted by Crippen LogP contribution is -2.12. The predicted octanol–water partition coefficient (Wildman–Crippen LogP) is 2.64. The first-order valence-electron chi connectivity index (χ1n) is 6.88. The van der Waals surface area contributed by atoms with E-state index in [9.17, 15) is 0 Å². The molecule has 5 nitrogen and oxygen atoms in total. The van der Waals surface area contributed by atoms with Crippen molar-refractivity contribution < 1.29 is 0 Å². The molecule has 100 valence electrons. The summed E-state index contributed by atoms with van der Waals surface area (Å²) in [4.78, 5) is 13.4. The van der Waals surface area contributed by atoms with Crippen LogP contribution in [0.5, 0.6) is 0 Å². The van der Waals surface area contributed by atoms with E-state index in [1.54, 1.807) is 12.4 Å².